The highest BCUT2D eigenvalue weighted by Crippen LogP contribution is 2.27. The first-order chi connectivity index (χ1) is 6.38. The average molecular weight is 196 g/mol. The van der Waals surface area contributed by atoms with Crippen LogP contribution in [0.5, 0.6) is 0 Å². The Hall–Kier alpha value is -1.91. The van der Waals surface area contributed by atoms with Crippen molar-refractivity contribution in [2.45, 2.75) is 6.92 Å². The maximum atomic E-state index is 11.2. The minimum Gasteiger partial charge on any atom is -0.480 e. The summed E-state index contributed by atoms with van der Waals surface area (Å²) in [6.07, 6.45) is 3.01. The second kappa shape index (κ2) is 3.10. The molecule has 14 heavy (non-hydrogen) atoms. The number of rotatable bonds is 2. The Morgan fingerprint density at radius 3 is 2.29 bits per heavy atom. The van der Waals surface area contributed by atoms with E-state index in [1.54, 1.807) is 0 Å². The summed E-state index contributed by atoms with van der Waals surface area (Å²) in [4.78, 5) is 32.5. The molecule has 1 atom stereocenters. The highest BCUT2D eigenvalue weighted by molar-refractivity contribution is 6.13. The van der Waals surface area contributed by atoms with Gasteiger partial charge in [0.15, 0.2) is 5.78 Å². The first-order valence-corrected chi connectivity index (χ1v) is 3.80. The van der Waals surface area contributed by atoms with E-state index < -0.39 is 23.1 Å². The molecule has 1 aliphatic carbocycles. The van der Waals surface area contributed by atoms with E-state index in [1.165, 1.54) is 6.92 Å². The van der Waals surface area contributed by atoms with Crippen molar-refractivity contribution in [1.82, 2.24) is 0 Å². The van der Waals surface area contributed by atoms with Crippen LogP contribution in [0.2, 0.25) is 0 Å². The van der Waals surface area contributed by atoms with Crippen molar-refractivity contribution in [1.29, 1.82) is 0 Å². The minimum absolute atomic E-state index is 0.186. The van der Waals surface area contributed by atoms with Crippen molar-refractivity contribution in [2.24, 2.45) is 5.41 Å². The van der Waals surface area contributed by atoms with Gasteiger partial charge in [0.1, 0.15) is 5.41 Å². The number of aliphatic carboxylic acids is 2. The molecule has 0 amide bonds. The third-order valence-electron chi connectivity index (χ3n) is 2.06. The number of allylic oxidation sites excluding steroid dienone is 1. The van der Waals surface area contributed by atoms with E-state index >= 15 is 0 Å². The highest BCUT2D eigenvalue weighted by atomic mass is 16.4. The van der Waals surface area contributed by atoms with Crippen LogP contribution in [0.3, 0.4) is 0 Å². The zero-order valence-electron chi connectivity index (χ0n) is 7.35. The number of carboxylic acids is 2. The Morgan fingerprint density at radius 1 is 1.29 bits per heavy atom. The van der Waals surface area contributed by atoms with E-state index in [1.807, 2.05) is 0 Å². The van der Waals surface area contributed by atoms with Gasteiger partial charge in [0.05, 0.1) is 5.57 Å². The molecule has 2 N–H and O–H groups in total. The van der Waals surface area contributed by atoms with Crippen LogP contribution in [0.1, 0.15) is 6.92 Å². The van der Waals surface area contributed by atoms with Gasteiger partial charge in [0.2, 0.25) is 0 Å². The SMILES string of the molecule is CC1(C(=O)O)C=C(C(=O)O)C=CC1=O. The maximum Gasteiger partial charge on any atom is 0.335 e. The van der Waals surface area contributed by atoms with Crippen LogP contribution in [0, 0.1) is 5.41 Å². The van der Waals surface area contributed by atoms with E-state index in [2.05, 4.69) is 0 Å². The van der Waals surface area contributed by atoms with Gasteiger partial charge >= 0.3 is 11.9 Å². The van der Waals surface area contributed by atoms with E-state index in [9.17, 15) is 14.4 Å². The lowest BCUT2D eigenvalue weighted by atomic mass is 9.80. The van der Waals surface area contributed by atoms with Gasteiger partial charge in [-0.25, -0.2) is 4.79 Å². The first-order valence-electron chi connectivity index (χ1n) is 3.80. The molecule has 0 aromatic carbocycles. The van der Waals surface area contributed by atoms with Crippen molar-refractivity contribution in [3.05, 3.63) is 23.8 Å². The van der Waals surface area contributed by atoms with Crippen molar-refractivity contribution < 1.29 is 24.6 Å². The Kier molecular flexibility index (Phi) is 2.25. The summed E-state index contributed by atoms with van der Waals surface area (Å²) in [5.74, 6) is -3.23. The van der Waals surface area contributed by atoms with Crippen LogP contribution >= 0.6 is 0 Å². The summed E-state index contributed by atoms with van der Waals surface area (Å²) in [5.41, 5.74) is -1.95. The second-order valence-corrected chi connectivity index (χ2v) is 3.11. The largest absolute Gasteiger partial charge is 0.480 e. The molecule has 0 radical (unpaired) electrons. The second-order valence-electron chi connectivity index (χ2n) is 3.11. The highest BCUT2D eigenvalue weighted by Gasteiger charge is 2.40. The number of carbonyl (C=O) groups excluding carboxylic acids is 1. The van der Waals surface area contributed by atoms with Crippen molar-refractivity contribution >= 4 is 17.7 Å². The van der Waals surface area contributed by atoms with Crippen molar-refractivity contribution in [3.8, 4) is 0 Å². The van der Waals surface area contributed by atoms with Crippen LogP contribution in [0.15, 0.2) is 23.8 Å². The molecule has 0 aromatic rings. The normalized spacial score (nSPS) is 25.8. The zero-order chi connectivity index (χ0) is 10.9. The predicted molar refractivity (Wildman–Crippen MR) is 45.6 cm³/mol. The van der Waals surface area contributed by atoms with Gasteiger partial charge in [-0.1, -0.05) is 0 Å². The summed E-state index contributed by atoms with van der Waals surface area (Å²) in [6, 6.07) is 0. The molecular weight excluding hydrogens is 188 g/mol. The number of hydrogen-bond donors (Lipinski definition) is 2. The third-order valence-corrected chi connectivity index (χ3v) is 2.06. The smallest absolute Gasteiger partial charge is 0.335 e. The quantitative estimate of drug-likeness (QED) is 0.616. The molecule has 1 rings (SSSR count). The Balaban J connectivity index is 3.21. The fraction of sp³-hybridized carbons (Fsp3) is 0.222. The first kappa shape index (κ1) is 10.2. The van der Waals surface area contributed by atoms with E-state index in [-0.39, 0.29) is 5.57 Å². The zero-order valence-corrected chi connectivity index (χ0v) is 7.35. The molecule has 5 nitrogen and oxygen atoms in total. The fourth-order valence-corrected chi connectivity index (χ4v) is 1.07. The summed E-state index contributed by atoms with van der Waals surface area (Å²) in [7, 11) is 0. The molecule has 0 aliphatic heterocycles. The third kappa shape index (κ3) is 1.44. The lowest BCUT2D eigenvalue weighted by Gasteiger charge is -2.20. The van der Waals surface area contributed by atoms with Gasteiger partial charge in [-0.3, -0.25) is 9.59 Å². The molecule has 0 fully saturated rings. The van der Waals surface area contributed by atoms with Gasteiger partial charge in [-0.2, -0.15) is 0 Å². The van der Waals surface area contributed by atoms with Crippen LogP contribution in [0.25, 0.3) is 0 Å². The topological polar surface area (TPSA) is 91.7 Å². The molecule has 0 bridgehead atoms. The molecule has 0 spiro atoms. The number of ketones is 1. The van der Waals surface area contributed by atoms with Gasteiger partial charge < -0.3 is 10.2 Å². The molecule has 0 heterocycles. The molecule has 5 heteroatoms. The van der Waals surface area contributed by atoms with E-state index in [0.717, 1.165) is 18.2 Å². The van der Waals surface area contributed by atoms with Crippen molar-refractivity contribution in [3.63, 3.8) is 0 Å². The lowest BCUT2D eigenvalue weighted by Crippen LogP contribution is -2.35. The van der Waals surface area contributed by atoms with E-state index in [0.29, 0.717) is 0 Å². The standard InChI is InChI=1S/C9H8O5/c1-9(8(13)14)4-5(7(11)12)2-3-6(9)10/h2-4H,1H3,(H,11,12)(H,13,14). The number of carbonyl (C=O) groups is 3. The molecule has 1 unspecified atom stereocenters. The molecule has 0 saturated heterocycles. The molecule has 0 saturated carbocycles. The van der Waals surface area contributed by atoms with Gasteiger partial charge in [-0.15, -0.1) is 0 Å². The molecule has 74 valence electrons. The molecule has 1 aliphatic rings. The van der Waals surface area contributed by atoms with Crippen molar-refractivity contribution in [2.75, 3.05) is 0 Å². The van der Waals surface area contributed by atoms with Gasteiger partial charge in [0, 0.05) is 0 Å². The number of carboxylic acid groups (broad SMARTS) is 2. The predicted octanol–water partition coefficient (Wildman–Crippen LogP) is 0.227. The fourth-order valence-electron chi connectivity index (χ4n) is 1.07. The summed E-state index contributed by atoms with van der Waals surface area (Å²) >= 11 is 0. The molecular formula is C9H8O5. The number of hydrogen-bond acceptors (Lipinski definition) is 3. The Morgan fingerprint density at radius 2 is 1.86 bits per heavy atom. The van der Waals surface area contributed by atoms with Crippen LogP contribution in [-0.4, -0.2) is 27.9 Å². The minimum atomic E-state index is -1.76. The lowest BCUT2D eigenvalue weighted by molar-refractivity contribution is -0.149. The van der Waals surface area contributed by atoms with E-state index in [4.69, 9.17) is 10.2 Å². The van der Waals surface area contributed by atoms with Crippen LogP contribution in [0.4, 0.5) is 0 Å². The van der Waals surface area contributed by atoms with Gasteiger partial charge in [0.25, 0.3) is 0 Å². The molecule has 0 aromatic heterocycles. The monoisotopic (exact) mass is 196 g/mol. The maximum absolute atomic E-state index is 11.2. The average Bonchev–Trinajstić information content (AvgIpc) is 2.09. The summed E-state index contributed by atoms with van der Waals surface area (Å²) in [6.45, 7) is 1.17. The Labute approximate surface area is 79.3 Å². The van der Waals surface area contributed by atoms with Crippen LogP contribution < -0.4 is 0 Å². The summed E-state index contributed by atoms with van der Waals surface area (Å²) < 4.78 is 0. The van der Waals surface area contributed by atoms with Crippen LogP contribution in [-0.2, 0) is 14.4 Å². The van der Waals surface area contributed by atoms with Gasteiger partial charge in [-0.05, 0) is 25.2 Å². The Bertz CT molecular complexity index is 377. The summed E-state index contributed by atoms with van der Waals surface area (Å²) in [5, 5.41) is 17.4.